The van der Waals surface area contributed by atoms with Crippen molar-refractivity contribution < 1.29 is 19.1 Å². The summed E-state index contributed by atoms with van der Waals surface area (Å²) in [6, 6.07) is 23.4. The van der Waals surface area contributed by atoms with Gasteiger partial charge in [-0.2, -0.15) is 0 Å². The molecule has 0 spiro atoms. The minimum atomic E-state index is -0.145. The van der Waals surface area contributed by atoms with E-state index in [4.69, 9.17) is 9.47 Å². The van der Waals surface area contributed by atoms with Crippen LogP contribution in [0.2, 0.25) is 0 Å². The molecule has 0 bridgehead atoms. The van der Waals surface area contributed by atoms with E-state index in [0.717, 1.165) is 34.0 Å². The average Bonchev–Trinajstić information content (AvgIpc) is 3.38. The van der Waals surface area contributed by atoms with Crippen molar-refractivity contribution in [1.82, 2.24) is 0 Å². The number of nitrogens with zero attached hydrogens (tertiary/aromatic N) is 2. The Labute approximate surface area is 219 Å². The predicted octanol–water partition coefficient (Wildman–Crippen LogP) is 6.04. The maximum absolute atomic E-state index is 13.1. The third kappa shape index (κ3) is 4.44. The molecule has 2 saturated heterocycles. The van der Waals surface area contributed by atoms with Crippen molar-refractivity contribution in [2.24, 2.45) is 0 Å². The Morgan fingerprint density at radius 2 is 0.917 bits per heavy atom. The molecule has 2 amide bonds. The molecule has 2 aliphatic heterocycles. The van der Waals surface area contributed by atoms with E-state index in [2.05, 4.69) is 0 Å². The molecule has 0 radical (unpaired) electrons. The molecule has 2 aliphatic rings. The number of anilines is 2. The van der Waals surface area contributed by atoms with Crippen LogP contribution < -0.4 is 19.3 Å². The van der Waals surface area contributed by atoms with Crippen molar-refractivity contribution >= 4 is 46.7 Å². The van der Waals surface area contributed by atoms with Crippen LogP contribution in [0.25, 0.3) is 0 Å². The van der Waals surface area contributed by atoms with Crippen LogP contribution in [0.5, 0.6) is 11.5 Å². The van der Waals surface area contributed by atoms with E-state index in [1.54, 1.807) is 37.7 Å². The second kappa shape index (κ2) is 10.1. The fourth-order valence-corrected chi connectivity index (χ4v) is 7.10. The predicted molar refractivity (Wildman–Crippen MR) is 147 cm³/mol. The van der Waals surface area contributed by atoms with Gasteiger partial charge in [-0.1, -0.05) is 24.3 Å². The first-order valence-corrected chi connectivity index (χ1v) is 13.6. The average molecular weight is 521 g/mol. The smallest absolute Gasteiger partial charge is 0.241 e. The second-order valence-electron chi connectivity index (χ2n) is 8.74. The zero-order chi connectivity index (χ0) is 25.4. The first-order chi connectivity index (χ1) is 17.4. The summed E-state index contributed by atoms with van der Waals surface area (Å²) in [5, 5.41) is -0.539. The standard InChI is InChI=1S/C28H28N2O4S2/c1-17-25(31)29(27(35-17)19-5-13-23(33-3)14-6-19)21-9-11-22(12-10-21)30-26(32)18(2)36-28(30)20-7-15-24(34-4)16-8-20/h5-18,27-28H,1-4H3/t17-,18+,27+,28-. The third-order valence-corrected chi connectivity index (χ3v) is 9.21. The Balaban J connectivity index is 1.44. The van der Waals surface area contributed by atoms with Crippen molar-refractivity contribution in [2.45, 2.75) is 35.1 Å². The summed E-state index contributed by atoms with van der Waals surface area (Å²) in [5.74, 6) is 1.72. The van der Waals surface area contributed by atoms with Crippen LogP contribution >= 0.6 is 23.5 Å². The number of rotatable bonds is 6. The molecule has 0 saturated carbocycles. The quantitative estimate of drug-likeness (QED) is 0.395. The summed E-state index contributed by atoms with van der Waals surface area (Å²) in [6.07, 6.45) is 0. The summed E-state index contributed by atoms with van der Waals surface area (Å²) >= 11 is 3.26. The Morgan fingerprint density at radius 1 is 0.583 bits per heavy atom. The largest absolute Gasteiger partial charge is 0.497 e. The second-order valence-corrected chi connectivity index (χ2v) is 11.6. The normalized spacial score (nSPS) is 23.9. The lowest BCUT2D eigenvalue weighted by Gasteiger charge is -2.27. The number of carbonyl (C=O) groups excluding carboxylic acids is 2. The van der Waals surface area contributed by atoms with Gasteiger partial charge in [0.15, 0.2) is 0 Å². The van der Waals surface area contributed by atoms with Crippen molar-refractivity contribution in [2.75, 3.05) is 24.0 Å². The molecular formula is C28H28N2O4S2. The number of ether oxygens (including phenoxy) is 2. The topological polar surface area (TPSA) is 59.1 Å². The van der Waals surface area contributed by atoms with Gasteiger partial charge in [0.25, 0.3) is 0 Å². The number of carbonyl (C=O) groups is 2. The molecule has 3 aromatic rings. The molecule has 0 N–H and O–H groups in total. The van der Waals surface area contributed by atoms with Crippen LogP contribution in [0, 0.1) is 0 Å². The maximum Gasteiger partial charge on any atom is 0.241 e. The van der Waals surface area contributed by atoms with Gasteiger partial charge in [0, 0.05) is 11.4 Å². The van der Waals surface area contributed by atoms with Crippen molar-refractivity contribution in [3.63, 3.8) is 0 Å². The summed E-state index contributed by atoms with van der Waals surface area (Å²) in [6.45, 7) is 3.89. The first-order valence-electron chi connectivity index (χ1n) is 11.8. The summed E-state index contributed by atoms with van der Waals surface area (Å²) in [5.41, 5.74) is 3.72. The lowest BCUT2D eigenvalue weighted by atomic mass is 10.1. The van der Waals surface area contributed by atoms with Gasteiger partial charge >= 0.3 is 0 Å². The van der Waals surface area contributed by atoms with E-state index in [1.807, 2.05) is 96.4 Å². The number of benzene rings is 3. The number of thioether (sulfide) groups is 2. The molecule has 2 fully saturated rings. The van der Waals surface area contributed by atoms with Crippen molar-refractivity contribution in [1.29, 1.82) is 0 Å². The highest BCUT2D eigenvalue weighted by Crippen LogP contribution is 2.48. The van der Waals surface area contributed by atoms with Crippen LogP contribution in [0.4, 0.5) is 11.4 Å². The minimum absolute atomic E-state index is 0.0751. The lowest BCUT2D eigenvalue weighted by Crippen LogP contribution is -2.31. The minimum Gasteiger partial charge on any atom is -0.497 e. The van der Waals surface area contributed by atoms with Gasteiger partial charge in [-0.05, 0) is 73.5 Å². The SMILES string of the molecule is COc1ccc([C@H]2S[C@@H](C)C(=O)N2c2ccc(N3C(=O)[C@@H](C)S[C@H]3c3ccc(OC)cc3)cc2)cc1. The summed E-state index contributed by atoms with van der Waals surface area (Å²) in [7, 11) is 3.28. The molecular weight excluding hydrogens is 492 g/mol. The lowest BCUT2D eigenvalue weighted by molar-refractivity contribution is -0.118. The molecule has 2 heterocycles. The Kier molecular flexibility index (Phi) is 6.90. The highest BCUT2D eigenvalue weighted by atomic mass is 32.2. The Morgan fingerprint density at radius 3 is 1.22 bits per heavy atom. The third-order valence-electron chi connectivity index (χ3n) is 6.51. The number of amides is 2. The highest BCUT2D eigenvalue weighted by molar-refractivity contribution is 8.01. The molecule has 5 rings (SSSR count). The molecule has 0 aliphatic carbocycles. The van der Waals surface area contributed by atoms with E-state index >= 15 is 0 Å². The maximum atomic E-state index is 13.1. The Hall–Kier alpha value is -3.10. The monoisotopic (exact) mass is 520 g/mol. The molecule has 8 heteroatoms. The van der Waals surface area contributed by atoms with E-state index in [0.29, 0.717) is 0 Å². The van der Waals surface area contributed by atoms with E-state index in [1.165, 1.54) is 0 Å². The molecule has 0 unspecified atom stereocenters. The van der Waals surface area contributed by atoms with Gasteiger partial charge in [0.1, 0.15) is 22.2 Å². The number of hydrogen-bond donors (Lipinski definition) is 0. The zero-order valence-corrected chi connectivity index (χ0v) is 22.2. The van der Waals surface area contributed by atoms with Crippen LogP contribution in [0.15, 0.2) is 72.8 Å². The zero-order valence-electron chi connectivity index (χ0n) is 20.6. The van der Waals surface area contributed by atoms with Crippen LogP contribution in [-0.2, 0) is 9.59 Å². The van der Waals surface area contributed by atoms with Gasteiger partial charge in [-0.25, -0.2) is 0 Å². The van der Waals surface area contributed by atoms with Gasteiger partial charge in [-0.15, -0.1) is 23.5 Å². The van der Waals surface area contributed by atoms with Gasteiger partial charge in [-0.3, -0.25) is 19.4 Å². The number of methoxy groups -OCH3 is 2. The molecule has 6 nitrogen and oxygen atoms in total. The van der Waals surface area contributed by atoms with Gasteiger partial charge in [0.05, 0.1) is 24.7 Å². The fraction of sp³-hybridized carbons (Fsp3) is 0.286. The fourth-order valence-electron chi connectivity index (χ4n) is 4.54. The van der Waals surface area contributed by atoms with Gasteiger partial charge < -0.3 is 9.47 Å². The molecule has 3 aromatic carbocycles. The molecule has 4 atom stereocenters. The Bertz CT molecular complexity index is 1150. The van der Waals surface area contributed by atoms with Gasteiger partial charge in [0.2, 0.25) is 11.8 Å². The van der Waals surface area contributed by atoms with Crippen LogP contribution in [-0.4, -0.2) is 36.5 Å². The highest BCUT2D eigenvalue weighted by Gasteiger charge is 2.41. The van der Waals surface area contributed by atoms with E-state index in [9.17, 15) is 9.59 Å². The summed E-state index contributed by atoms with van der Waals surface area (Å²) < 4.78 is 10.6. The first kappa shape index (κ1) is 24.6. The van der Waals surface area contributed by atoms with Crippen LogP contribution in [0.1, 0.15) is 35.7 Å². The number of hydrogen-bond acceptors (Lipinski definition) is 6. The van der Waals surface area contributed by atoms with E-state index in [-0.39, 0.29) is 33.1 Å². The summed E-state index contributed by atoms with van der Waals surface area (Å²) in [4.78, 5) is 30.0. The van der Waals surface area contributed by atoms with Crippen LogP contribution in [0.3, 0.4) is 0 Å². The molecule has 0 aromatic heterocycles. The van der Waals surface area contributed by atoms with Crippen molar-refractivity contribution in [3.05, 3.63) is 83.9 Å². The molecule has 36 heavy (non-hydrogen) atoms. The van der Waals surface area contributed by atoms with E-state index < -0.39 is 0 Å². The molecule has 186 valence electrons. The van der Waals surface area contributed by atoms with Crippen molar-refractivity contribution in [3.8, 4) is 11.5 Å².